The van der Waals surface area contributed by atoms with E-state index in [-0.39, 0.29) is 0 Å². The van der Waals surface area contributed by atoms with Gasteiger partial charge in [-0.05, 0) is 67.9 Å². The maximum absolute atomic E-state index is 6.02. The fourth-order valence-electron chi connectivity index (χ4n) is 4.26. The molecule has 3 heteroatoms. The molecule has 4 unspecified atom stereocenters. The predicted molar refractivity (Wildman–Crippen MR) is 70.6 cm³/mol. The minimum Gasteiger partial charge on any atom is -0.330 e. The fourth-order valence-corrected chi connectivity index (χ4v) is 5.40. The molecule has 0 amide bonds. The van der Waals surface area contributed by atoms with Crippen LogP contribution in [0.25, 0.3) is 0 Å². The quantitative estimate of drug-likeness (QED) is 0.773. The highest BCUT2D eigenvalue weighted by Gasteiger charge is 2.44. The van der Waals surface area contributed by atoms with E-state index in [9.17, 15) is 0 Å². The van der Waals surface area contributed by atoms with Gasteiger partial charge in [0.15, 0.2) is 0 Å². The summed E-state index contributed by atoms with van der Waals surface area (Å²) in [7, 11) is 0. The Balaban J connectivity index is 1.73. The second kappa shape index (κ2) is 4.87. The van der Waals surface area contributed by atoms with Crippen molar-refractivity contribution in [2.24, 2.45) is 23.5 Å². The molecule has 2 nitrogen and oxygen atoms in total. The molecule has 0 saturated carbocycles. The van der Waals surface area contributed by atoms with Gasteiger partial charge in [0.05, 0.1) is 0 Å². The highest BCUT2D eigenvalue weighted by molar-refractivity contribution is 7.99. The van der Waals surface area contributed by atoms with Crippen LogP contribution in [0.4, 0.5) is 0 Å². The molecule has 0 radical (unpaired) electrons. The third-order valence-electron chi connectivity index (χ3n) is 4.99. The lowest BCUT2D eigenvalue weighted by atomic mass is 9.71. The lowest BCUT2D eigenvalue weighted by molar-refractivity contribution is 0.125. The van der Waals surface area contributed by atoms with Crippen LogP contribution >= 0.6 is 11.8 Å². The van der Waals surface area contributed by atoms with Gasteiger partial charge in [-0.1, -0.05) is 0 Å². The van der Waals surface area contributed by atoms with Crippen molar-refractivity contribution in [2.45, 2.75) is 44.2 Å². The second-order valence-electron chi connectivity index (χ2n) is 5.81. The number of nitrogens with one attached hydrogen (secondary N) is 1. The molecule has 0 aromatic heterocycles. The third kappa shape index (κ3) is 2.02. The summed E-state index contributed by atoms with van der Waals surface area (Å²) in [6.07, 6.45) is 7.04. The first-order valence-electron chi connectivity index (χ1n) is 6.92. The first-order chi connectivity index (χ1) is 7.88. The van der Waals surface area contributed by atoms with Gasteiger partial charge in [-0.15, -0.1) is 0 Å². The molecule has 0 spiro atoms. The van der Waals surface area contributed by atoms with Crippen LogP contribution < -0.4 is 11.1 Å². The topological polar surface area (TPSA) is 38.0 Å². The fraction of sp³-hybridized carbons (Fsp3) is 1.00. The third-order valence-corrected chi connectivity index (χ3v) is 6.03. The van der Waals surface area contributed by atoms with Crippen molar-refractivity contribution in [1.29, 1.82) is 0 Å². The number of fused-ring (bicyclic) bond motifs is 2. The molecule has 3 N–H and O–H groups in total. The van der Waals surface area contributed by atoms with Crippen LogP contribution in [-0.4, -0.2) is 30.1 Å². The van der Waals surface area contributed by atoms with Crippen LogP contribution in [0.5, 0.6) is 0 Å². The molecule has 92 valence electrons. The normalized spacial score (nSPS) is 44.8. The summed E-state index contributed by atoms with van der Waals surface area (Å²) in [4.78, 5) is 0. The Labute approximate surface area is 103 Å². The Bertz CT molecular complexity index is 240. The number of thioether (sulfide) groups is 1. The van der Waals surface area contributed by atoms with Crippen molar-refractivity contribution in [2.75, 3.05) is 18.1 Å². The smallest absolute Gasteiger partial charge is 0.0104 e. The number of piperidine rings is 1. The largest absolute Gasteiger partial charge is 0.330 e. The summed E-state index contributed by atoms with van der Waals surface area (Å²) in [5.41, 5.74) is 6.02. The van der Waals surface area contributed by atoms with Gasteiger partial charge in [0.25, 0.3) is 0 Å². The Morgan fingerprint density at radius 2 is 1.94 bits per heavy atom. The first-order valence-corrected chi connectivity index (χ1v) is 8.08. The molecule has 3 heterocycles. The maximum Gasteiger partial charge on any atom is 0.0104 e. The van der Waals surface area contributed by atoms with Crippen molar-refractivity contribution in [3.63, 3.8) is 0 Å². The number of rotatable bonds is 2. The van der Waals surface area contributed by atoms with Gasteiger partial charge < -0.3 is 11.1 Å². The summed E-state index contributed by atoms with van der Waals surface area (Å²) in [6, 6.07) is 1.60. The molecule has 4 atom stereocenters. The van der Waals surface area contributed by atoms with E-state index in [2.05, 4.69) is 17.1 Å². The van der Waals surface area contributed by atoms with E-state index >= 15 is 0 Å². The lowest BCUT2D eigenvalue weighted by Crippen LogP contribution is -2.50. The van der Waals surface area contributed by atoms with E-state index in [4.69, 9.17) is 5.73 Å². The van der Waals surface area contributed by atoms with Crippen molar-refractivity contribution in [1.82, 2.24) is 5.32 Å². The molecular weight excluding hydrogens is 216 g/mol. The standard InChI is InChI=1S/C13H24N2S/c14-8-10-7-11-1-2-12(15-11)13(10)9-3-5-16-6-4-9/h9-13,15H,1-8,14H2. The number of hydrogen-bond acceptors (Lipinski definition) is 3. The first kappa shape index (κ1) is 11.4. The second-order valence-corrected chi connectivity index (χ2v) is 7.03. The molecule has 0 aromatic rings. The van der Waals surface area contributed by atoms with Crippen molar-refractivity contribution in [3.05, 3.63) is 0 Å². The monoisotopic (exact) mass is 240 g/mol. The average Bonchev–Trinajstić information content (AvgIpc) is 2.72. The molecule has 3 aliphatic rings. The van der Waals surface area contributed by atoms with Crippen LogP contribution in [-0.2, 0) is 0 Å². The molecule has 3 fully saturated rings. The van der Waals surface area contributed by atoms with Crippen LogP contribution in [0.1, 0.15) is 32.1 Å². The Morgan fingerprint density at radius 3 is 2.69 bits per heavy atom. The van der Waals surface area contributed by atoms with E-state index in [1.807, 2.05) is 0 Å². The molecule has 0 aromatic carbocycles. The maximum atomic E-state index is 6.02. The van der Waals surface area contributed by atoms with Crippen LogP contribution in [0.3, 0.4) is 0 Å². The van der Waals surface area contributed by atoms with Gasteiger partial charge >= 0.3 is 0 Å². The van der Waals surface area contributed by atoms with E-state index in [0.717, 1.165) is 36.4 Å². The molecular formula is C13H24N2S. The van der Waals surface area contributed by atoms with E-state index in [1.165, 1.54) is 43.6 Å². The Kier molecular flexibility index (Phi) is 3.46. The minimum atomic E-state index is 0.799. The predicted octanol–water partition coefficient (Wildman–Crippen LogP) is 1.84. The summed E-state index contributed by atoms with van der Waals surface area (Å²) in [6.45, 7) is 0.920. The van der Waals surface area contributed by atoms with Gasteiger partial charge in [-0.2, -0.15) is 11.8 Å². The average molecular weight is 240 g/mol. The van der Waals surface area contributed by atoms with Crippen LogP contribution in [0.2, 0.25) is 0 Å². The zero-order valence-electron chi connectivity index (χ0n) is 10.0. The molecule has 3 saturated heterocycles. The van der Waals surface area contributed by atoms with Gasteiger partial charge in [-0.25, -0.2) is 0 Å². The summed E-state index contributed by atoms with van der Waals surface area (Å²) >= 11 is 2.14. The minimum absolute atomic E-state index is 0.799. The molecule has 2 bridgehead atoms. The Morgan fingerprint density at radius 1 is 1.12 bits per heavy atom. The number of hydrogen-bond donors (Lipinski definition) is 2. The van der Waals surface area contributed by atoms with Crippen LogP contribution in [0.15, 0.2) is 0 Å². The van der Waals surface area contributed by atoms with Gasteiger partial charge in [-0.3, -0.25) is 0 Å². The lowest BCUT2D eigenvalue weighted by Gasteiger charge is -2.43. The summed E-state index contributed by atoms with van der Waals surface area (Å²) < 4.78 is 0. The van der Waals surface area contributed by atoms with E-state index in [0.29, 0.717) is 0 Å². The Hall–Kier alpha value is 0.270. The summed E-state index contributed by atoms with van der Waals surface area (Å²) in [5.74, 6) is 5.44. The van der Waals surface area contributed by atoms with Gasteiger partial charge in [0.2, 0.25) is 0 Å². The zero-order chi connectivity index (χ0) is 11.0. The SMILES string of the molecule is NCC1CC2CCC(N2)C1C1CCSCC1. The molecule has 3 rings (SSSR count). The zero-order valence-corrected chi connectivity index (χ0v) is 10.8. The highest BCUT2D eigenvalue weighted by Crippen LogP contribution is 2.43. The molecule has 16 heavy (non-hydrogen) atoms. The molecule has 3 aliphatic heterocycles. The van der Waals surface area contributed by atoms with Crippen molar-refractivity contribution >= 4 is 11.8 Å². The van der Waals surface area contributed by atoms with Crippen molar-refractivity contribution in [3.8, 4) is 0 Å². The number of nitrogens with two attached hydrogens (primary N) is 1. The van der Waals surface area contributed by atoms with Crippen molar-refractivity contribution < 1.29 is 0 Å². The van der Waals surface area contributed by atoms with Gasteiger partial charge in [0.1, 0.15) is 0 Å². The molecule has 0 aliphatic carbocycles. The van der Waals surface area contributed by atoms with E-state index < -0.39 is 0 Å². The highest BCUT2D eigenvalue weighted by atomic mass is 32.2. The summed E-state index contributed by atoms with van der Waals surface area (Å²) in [5, 5.41) is 3.84. The van der Waals surface area contributed by atoms with Gasteiger partial charge in [0, 0.05) is 12.1 Å². The van der Waals surface area contributed by atoms with E-state index in [1.54, 1.807) is 0 Å². The van der Waals surface area contributed by atoms with Crippen LogP contribution in [0, 0.1) is 17.8 Å².